The summed E-state index contributed by atoms with van der Waals surface area (Å²) in [6.45, 7) is 1.76. The Labute approximate surface area is 81.4 Å². The third kappa shape index (κ3) is 0.950. The van der Waals surface area contributed by atoms with Crippen molar-refractivity contribution in [3.63, 3.8) is 0 Å². The zero-order valence-electron chi connectivity index (χ0n) is 7.77. The first kappa shape index (κ1) is 7.84. The van der Waals surface area contributed by atoms with Crippen LogP contribution in [-0.4, -0.2) is 34.0 Å². The summed E-state index contributed by atoms with van der Waals surface area (Å²) in [5, 5.41) is 16.4. The highest BCUT2D eigenvalue weighted by atomic mass is 16.5. The second kappa shape index (κ2) is 2.73. The molecule has 14 heavy (non-hydrogen) atoms. The van der Waals surface area contributed by atoms with Crippen molar-refractivity contribution < 1.29 is 5.21 Å². The predicted octanol–water partition coefficient (Wildman–Crippen LogP) is 0.745. The van der Waals surface area contributed by atoms with Crippen molar-refractivity contribution >= 4 is 11.5 Å². The van der Waals surface area contributed by atoms with Crippen LogP contribution in [0.1, 0.15) is 18.4 Å². The lowest BCUT2D eigenvalue weighted by Crippen LogP contribution is -2.33. The molecule has 74 valence electrons. The number of aromatic nitrogens is 2. The van der Waals surface area contributed by atoms with Crippen LogP contribution in [0.15, 0.2) is 11.2 Å². The largest absolute Gasteiger partial charge is 0.410 e. The first-order valence-corrected chi connectivity index (χ1v) is 4.92. The molecule has 5 heteroatoms. The molecular formula is C9H12N4O. The highest BCUT2D eigenvalue weighted by Crippen LogP contribution is 2.29. The Balaban J connectivity index is 2.11. The van der Waals surface area contributed by atoms with E-state index in [1.807, 2.05) is 0 Å². The molecule has 0 saturated carbocycles. The van der Waals surface area contributed by atoms with Crippen LogP contribution < -0.4 is 5.32 Å². The van der Waals surface area contributed by atoms with Gasteiger partial charge in [0.25, 0.3) is 0 Å². The SMILES string of the molecule is On1ncc2c1NCC1CCCN=C21. The number of anilines is 1. The van der Waals surface area contributed by atoms with Gasteiger partial charge >= 0.3 is 0 Å². The smallest absolute Gasteiger partial charge is 0.174 e. The topological polar surface area (TPSA) is 62.4 Å². The van der Waals surface area contributed by atoms with E-state index in [0.29, 0.717) is 11.7 Å². The van der Waals surface area contributed by atoms with E-state index in [1.165, 1.54) is 12.8 Å². The molecule has 1 unspecified atom stereocenters. The number of nitrogens with zero attached hydrogens (tertiary/aromatic N) is 3. The van der Waals surface area contributed by atoms with Gasteiger partial charge in [-0.05, 0) is 12.8 Å². The van der Waals surface area contributed by atoms with Gasteiger partial charge < -0.3 is 10.5 Å². The number of fused-ring (bicyclic) bond motifs is 3. The number of rotatable bonds is 0. The Bertz CT molecular complexity index is 396. The minimum absolute atomic E-state index is 0.500. The van der Waals surface area contributed by atoms with Crippen molar-refractivity contribution in [1.82, 2.24) is 9.94 Å². The summed E-state index contributed by atoms with van der Waals surface area (Å²) in [6, 6.07) is 0. The van der Waals surface area contributed by atoms with Gasteiger partial charge in [0.05, 0.1) is 17.5 Å². The standard InChI is InChI=1S/C9H12N4O/c14-13-9-7(5-12-13)8-6(4-11-9)2-1-3-10-8/h5-6,11,14H,1-4H2. The van der Waals surface area contributed by atoms with Gasteiger partial charge in [0.15, 0.2) is 5.82 Å². The van der Waals surface area contributed by atoms with Crippen LogP contribution in [0.3, 0.4) is 0 Å². The lowest BCUT2D eigenvalue weighted by atomic mass is 9.88. The molecule has 0 amide bonds. The van der Waals surface area contributed by atoms with Crippen LogP contribution in [0.2, 0.25) is 0 Å². The molecule has 0 aliphatic carbocycles. The summed E-state index contributed by atoms with van der Waals surface area (Å²) < 4.78 is 0. The van der Waals surface area contributed by atoms with E-state index >= 15 is 0 Å². The van der Waals surface area contributed by atoms with Gasteiger partial charge in [-0.15, -0.1) is 5.10 Å². The van der Waals surface area contributed by atoms with Gasteiger partial charge in [-0.2, -0.15) is 0 Å². The second-order valence-corrected chi connectivity index (χ2v) is 3.78. The fourth-order valence-electron chi connectivity index (χ4n) is 2.22. The van der Waals surface area contributed by atoms with Crippen molar-refractivity contribution in [3.8, 4) is 0 Å². The monoisotopic (exact) mass is 192 g/mol. The van der Waals surface area contributed by atoms with Crippen molar-refractivity contribution in [3.05, 3.63) is 11.8 Å². The number of hydrogen-bond acceptors (Lipinski definition) is 4. The maximum atomic E-state index is 9.37. The second-order valence-electron chi connectivity index (χ2n) is 3.78. The summed E-state index contributed by atoms with van der Waals surface area (Å²) in [5.41, 5.74) is 2.08. The Hall–Kier alpha value is -1.52. The Morgan fingerprint density at radius 2 is 2.50 bits per heavy atom. The van der Waals surface area contributed by atoms with Gasteiger partial charge in [-0.1, -0.05) is 4.85 Å². The van der Waals surface area contributed by atoms with Gasteiger partial charge in [0.2, 0.25) is 0 Å². The van der Waals surface area contributed by atoms with E-state index in [1.54, 1.807) is 6.20 Å². The third-order valence-electron chi connectivity index (χ3n) is 2.92. The first-order chi connectivity index (χ1) is 6.86. The molecule has 5 nitrogen and oxygen atoms in total. The fourth-order valence-corrected chi connectivity index (χ4v) is 2.22. The molecular weight excluding hydrogens is 180 g/mol. The summed E-state index contributed by atoms with van der Waals surface area (Å²) in [4.78, 5) is 5.41. The van der Waals surface area contributed by atoms with Crippen molar-refractivity contribution in [2.24, 2.45) is 10.9 Å². The van der Waals surface area contributed by atoms with Gasteiger partial charge in [0, 0.05) is 19.0 Å². The molecule has 0 spiro atoms. The summed E-state index contributed by atoms with van der Waals surface area (Å²) in [6.07, 6.45) is 4.03. The molecule has 3 rings (SSSR count). The third-order valence-corrected chi connectivity index (χ3v) is 2.92. The zero-order valence-corrected chi connectivity index (χ0v) is 7.77. The molecule has 1 aromatic rings. The van der Waals surface area contributed by atoms with Crippen LogP contribution in [0, 0.1) is 5.92 Å². The first-order valence-electron chi connectivity index (χ1n) is 4.92. The summed E-state index contributed by atoms with van der Waals surface area (Å²) in [7, 11) is 0. The van der Waals surface area contributed by atoms with Crippen LogP contribution in [-0.2, 0) is 0 Å². The minimum Gasteiger partial charge on any atom is -0.410 e. The average molecular weight is 192 g/mol. The predicted molar refractivity (Wildman–Crippen MR) is 52.0 cm³/mol. The lowest BCUT2D eigenvalue weighted by molar-refractivity contribution is 0.154. The van der Waals surface area contributed by atoms with Crippen LogP contribution >= 0.6 is 0 Å². The highest BCUT2D eigenvalue weighted by Gasteiger charge is 2.29. The highest BCUT2D eigenvalue weighted by molar-refractivity contribution is 6.07. The average Bonchev–Trinajstić information content (AvgIpc) is 2.61. The zero-order chi connectivity index (χ0) is 9.54. The molecule has 3 heterocycles. The summed E-state index contributed by atoms with van der Waals surface area (Å²) >= 11 is 0. The summed E-state index contributed by atoms with van der Waals surface area (Å²) in [5.74, 6) is 1.18. The minimum atomic E-state index is 0.500. The van der Waals surface area contributed by atoms with Crippen molar-refractivity contribution in [2.75, 3.05) is 18.4 Å². The van der Waals surface area contributed by atoms with Gasteiger partial charge in [-0.3, -0.25) is 4.99 Å². The molecule has 0 saturated heterocycles. The molecule has 2 aliphatic heterocycles. The molecule has 2 N–H and O–H groups in total. The maximum absolute atomic E-state index is 9.37. The molecule has 0 aromatic carbocycles. The molecule has 0 radical (unpaired) electrons. The normalized spacial score (nSPS) is 24.6. The van der Waals surface area contributed by atoms with Gasteiger partial charge in [0.1, 0.15) is 0 Å². The molecule has 1 atom stereocenters. The van der Waals surface area contributed by atoms with Crippen LogP contribution in [0.25, 0.3) is 0 Å². The molecule has 0 fully saturated rings. The Kier molecular flexibility index (Phi) is 1.53. The van der Waals surface area contributed by atoms with E-state index in [0.717, 1.165) is 29.2 Å². The van der Waals surface area contributed by atoms with E-state index in [4.69, 9.17) is 0 Å². The quantitative estimate of drug-likeness (QED) is 0.596. The van der Waals surface area contributed by atoms with E-state index in [-0.39, 0.29) is 0 Å². The number of aliphatic imine (C=N–C) groups is 1. The Morgan fingerprint density at radius 3 is 3.43 bits per heavy atom. The maximum Gasteiger partial charge on any atom is 0.174 e. The molecule has 2 aliphatic rings. The van der Waals surface area contributed by atoms with Crippen LogP contribution in [0.4, 0.5) is 5.82 Å². The molecule has 0 bridgehead atoms. The lowest BCUT2D eigenvalue weighted by Gasteiger charge is -2.28. The Morgan fingerprint density at radius 1 is 1.57 bits per heavy atom. The van der Waals surface area contributed by atoms with E-state index in [9.17, 15) is 5.21 Å². The van der Waals surface area contributed by atoms with Gasteiger partial charge in [-0.25, -0.2) is 0 Å². The fraction of sp³-hybridized carbons (Fsp3) is 0.556. The van der Waals surface area contributed by atoms with E-state index in [2.05, 4.69) is 15.4 Å². The van der Waals surface area contributed by atoms with E-state index < -0.39 is 0 Å². The number of nitrogens with one attached hydrogen (secondary N) is 1. The van der Waals surface area contributed by atoms with Crippen molar-refractivity contribution in [1.29, 1.82) is 0 Å². The van der Waals surface area contributed by atoms with Crippen LogP contribution in [0.5, 0.6) is 0 Å². The van der Waals surface area contributed by atoms with Crippen molar-refractivity contribution in [2.45, 2.75) is 12.8 Å². The molecule has 1 aromatic heterocycles. The number of hydrogen-bond donors (Lipinski definition) is 2.